The third kappa shape index (κ3) is 2.76. The zero-order valence-electron chi connectivity index (χ0n) is 10.8. The molecule has 5 heteroatoms. The van der Waals surface area contributed by atoms with Gasteiger partial charge < -0.3 is 10.4 Å². The van der Waals surface area contributed by atoms with Crippen LogP contribution in [-0.2, 0) is 6.61 Å². The van der Waals surface area contributed by atoms with E-state index in [1.165, 1.54) is 31.4 Å². The molecule has 1 saturated carbocycles. The lowest BCUT2D eigenvalue weighted by Crippen LogP contribution is -1.96. The highest BCUT2D eigenvalue weighted by atomic mass is 16.3. The Morgan fingerprint density at radius 1 is 1.26 bits per heavy atom. The summed E-state index contributed by atoms with van der Waals surface area (Å²) < 4.78 is 0. The van der Waals surface area contributed by atoms with Crippen LogP contribution in [0.4, 0.5) is 11.6 Å². The lowest BCUT2D eigenvalue weighted by molar-refractivity contribution is 0.277. The molecular formula is C14H18N4O. The predicted octanol–water partition coefficient (Wildman–Crippen LogP) is 2.70. The molecule has 0 aliphatic heterocycles. The molecule has 3 N–H and O–H groups in total. The normalized spacial score (nSPS) is 15.8. The number of aromatic amines is 1. The highest BCUT2D eigenvalue weighted by Crippen LogP contribution is 2.33. The molecule has 100 valence electrons. The van der Waals surface area contributed by atoms with E-state index in [-0.39, 0.29) is 6.61 Å². The predicted molar refractivity (Wildman–Crippen MR) is 73.2 cm³/mol. The van der Waals surface area contributed by atoms with Gasteiger partial charge in [0, 0.05) is 17.7 Å². The first kappa shape index (κ1) is 12.2. The summed E-state index contributed by atoms with van der Waals surface area (Å²) in [6, 6.07) is 7.58. The van der Waals surface area contributed by atoms with Crippen molar-refractivity contribution in [3.63, 3.8) is 0 Å². The highest BCUT2D eigenvalue weighted by Gasteiger charge is 2.19. The van der Waals surface area contributed by atoms with Gasteiger partial charge in [0.2, 0.25) is 0 Å². The monoisotopic (exact) mass is 258 g/mol. The molecule has 2 aromatic heterocycles. The van der Waals surface area contributed by atoms with Crippen molar-refractivity contribution in [3.05, 3.63) is 35.7 Å². The van der Waals surface area contributed by atoms with Crippen LogP contribution in [0.3, 0.4) is 0 Å². The highest BCUT2D eigenvalue weighted by molar-refractivity contribution is 5.52. The van der Waals surface area contributed by atoms with Crippen LogP contribution in [0.5, 0.6) is 0 Å². The van der Waals surface area contributed by atoms with Gasteiger partial charge >= 0.3 is 0 Å². The molecule has 0 saturated heterocycles. The van der Waals surface area contributed by atoms with Gasteiger partial charge in [-0.2, -0.15) is 5.10 Å². The number of rotatable bonds is 4. The number of hydrogen-bond donors (Lipinski definition) is 3. The molecule has 0 radical (unpaired) electrons. The Bertz CT molecular complexity index is 546. The molecular weight excluding hydrogens is 240 g/mol. The van der Waals surface area contributed by atoms with Gasteiger partial charge in [-0.05, 0) is 25.0 Å². The van der Waals surface area contributed by atoms with Crippen LogP contribution in [0.1, 0.15) is 43.0 Å². The van der Waals surface area contributed by atoms with Gasteiger partial charge in [-0.1, -0.05) is 18.9 Å². The zero-order valence-corrected chi connectivity index (χ0v) is 10.8. The number of hydrogen-bond acceptors (Lipinski definition) is 4. The maximum atomic E-state index is 9.06. The summed E-state index contributed by atoms with van der Waals surface area (Å²) in [6.45, 7) is -0.0522. The number of nitrogens with zero attached hydrogens (tertiary/aromatic N) is 2. The van der Waals surface area contributed by atoms with Crippen molar-refractivity contribution >= 4 is 11.6 Å². The second kappa shape index (κ2) is 5.40. The summed E-state index contributed by atoms with van der Waals surface area (Å²) >= 11 is 0. The van der Waals surface area contributed by atoms with Crippen molar-refractivity contribution in [2.75, 3.05) is 5.32 Å². The van der Waals surface area contributed by atoms with E-state index in [0.717, 1.165) is 5.82 Å². The van der Waals surface area contributed by atoms with E-state index in [9.17, 15) is 0 Å². The number of aliphatic hydroxyl groups excluding tert-OH is 1. The fourth-order valence-electron chi connectivity index (χ4n) is 2.62. The van der Waals surface area contributed by atoms with E-state index in [1.807, 2.05) is 12.1 Å². The maximum absolute atomic E-state index is 9.06. The third-order valence-corrected chi connectivity index (χ3v) is 3.62. The molecule has 1 fully saturated rings. The fraction of sp³-hybridized carbons (Fsp3) is 0.429. The van der Waals surface area contributed by atoms with Gasteiger partial charge in [0.05, 0.1) is 12.3 Å². The van der Waals surface area contributed by atoms with E-state index in [1.54, 1.807) is 6.07 Å². The summed E-state index contributed by atoms with van der Waals surface area (Å²) in [5.74, 6) is 2.11. The molecule has 19 heavy (non-hydrogen) atoms. The van der Waals surface area contributed by atoms with Crippen molar-refractivity contribution in [2.45, 2.75) is 38.2 Å². The van der Waals surface area contributed by atoms with Crippen LogP contribution in [-0.4, -0.2) is 20.3 Å². The summed E-state index contributed by atoms with van der Waals surface area (Å²) in [6.07, 6.45) is 5.12. The third-order valence-electron chi connectivity index (χ3n) is 3.62. The van der Waals surface area contributed by atoms with Crippen molar-refractivity contribution in [2.24, 2.45) is 0 Å². The zero-order chi connectivity index (χ0) is 13.1. The average molecular weight is 258 g/mol. The Morgan fingerprint density at radius 2 is 2.11 bits per heavy atom. The van der Waals surface area contributed by atoms with Gasteiger partial charge in [-0.25, -0.2) is 4.98 Å². The van der Waals surface area contributed by atoms with Gasteiger partial charge in [0.1, 0.15) is 5.82 Å². The molecule has 0 bridgehead atoms. The Balaban J connectivity index is 1.72. The second-order valence-electron chi connectivity index (χ2n) is 4.99. The molecule has 0 unspecified atom stereocenters. The SMILES string of the molecule is OCc1cccc(Nc2cc(C3CCCC3)[nH]n2)n1. The van der Waals surface area contributed by atoms with Crippen LogP contribution in [0.2, 0.25) is 0 Å². The number of aliphatic hydroxyl groups is 1. The van der Waals surface area contributed by atoms with Gasteiger partial charge in [-0.3, -0.25) is 5.10 Å². The summed E-state index contributed by atoms with van der Waals surface area (Å²) in [5, 5.41) is 19.6. The fourth-order valence-corrected chi connectivity index (χ4v) is 2.62. The number of nitrogens with one attached hydrogen (secondary N) is 2. The van der Waals surface area contributed by atoms with Crippen LogP contribution < -0.4 is 5.32 Å². The molecule has 2 aromatic rings. The molecule has 1 aliphatic rings. The number of aromatic nitrogens is 3. The smallest absolute Gasteiger partial charge is 0.153 e. The lowest BCUT2D eigenvalue weighted by Gasteiger charge is -2.04. The van der Waals surface area contributed by atoms with Crippen molar-refractivity contribution < 1.29 is 5.11 Å². The molecule has 0 atom stereocenters. The quantitative estimate of drug-likeness (QED) is 0.788. The average Bonchev–Trinajstić information content (AvgIpc) is 3.09. The van der Waals surface area contributed by atoms with Crippen molar-refractivity contribution in [1.29, 1.82) is 0 Å². The van der Waals surface area contributed by atoms with Crippen LogP contribution in [0.25, 0.3) is 0 Å². The number of anilines is 2. The standard InChI is InChI=1S/C14H18N4O/c19-9-11-6-3-7-13(15-11)16-14-8-12(17-18-14)10-4-1-2-5-10/h3,6-8,10,19H,1-2,4-5,9H2,(H2,15,16,17,18). The van der Waals surface area contributed by atoms with E-state index in [2.05, 4.69) is 26.6 Å². The number of pyridine rings is 1. The first-order chi connectivity index (χ1) is 9.35. The molecule has 5 nitrogen and oxygen atoms in total. The van der Waals surface area contributed by atoms with Crippen LogP contribution >= 0.6 is 0 Å². The summed E-state index contributed by atoms with van der Waals surface area (Å²) in [4.78, 5) is 4.28. The van der Waals surface area contributed by atoms with Gasteiger partial charge in [0.25, 0.3) is 0 Å². The van der Waals surface area contributed by atoms with E-state index >= 15 is 0 Å². The minimum absolute atomic E-state index is 0.0522. The molecule has 1 aliphatic carbocycles. The Labute approximate surface area is 112 Å². The topological polar surface area (TPSA) is 73.8 Å². The van der Waals surface area contributed by atoms with Crippen molar-refractivity contribution in [3.8, 4) is 0 Å². The summed E-state index contributed by atoms with van der Waals surface area (Å²) in [5.41, 5.74) is 1.86. The Hall–Kier alpha value is -1.88. The number of H-pyrrole nitrogens is 1. The largest absolute Gasteiger partial charge is 0.390 e. The first-order valence-electron chi connectivity index (χ1n) is 6.74. The molecule has 3 rings (SSSR count). The molecule has 0 aromatic carbocycles. The van der Waals surface area contributed by atoms with Crippen LogP contribution in [0.15, 0.2) is 24.3 Å². The van der Waals surface area contributed by atoms with Crippen molar-refractivity contribution in [1.82, 2.24) is 15.2 Å². The Kier molecular flexibility index (Phi) is 3.46. The minimum atomic E-state index is -0.0522. The van der Waals surface area contributed by atoms with Gasteiger partial charge in [-0.15, -0.1) is 0 Å². The minimum Gasteiger partial charge on any atom is -0.390 e. The molecule has 0 amide bonds. The summed E-state index contributed by atoms with van der Waals surface area (Å²) in [7, 11) is 0. The maximum Gasteiger partial charge on any atom is 0.153 e. The lowest BCUT2D eigenvalue weighted by atomic mass is 10.0. The van der Waals surface area contributed by atoms with Gasteiger partial charge in [0.15, 0.2) is 5.82 Å². The van der Waals surface area contributed by atoms with Crippen LogP contribution in [0, 0.1) is 0 Å². The molecule has 2 heterocycles. The Morgan fingerprint density at radius 3 is 2.89 bits per heavy atom. The molecule has 0 spiro atoms. The second-order valence-corrected chi connectivity index (χ2v) is 4.99. The first-order valence-corrected chi connectivity index (χ1v) is 6.74. The van der Waals surface area contributed by atoms with E-state index in [4.69, 9.17) is 5.11 Å². The van der Waals surface area contributed by atoms with E-state index in [0.29, 0.717) is 17.4 Å². The van der Waals surface area contributed by atoms with E-state index < -0.39 is 0 Å².